The minimum atomic E-state index is 0. The minimum Gasteiger partial charge on any atom is -0.360 e. The maximum Gasteiger partial charge on any atom is 0.153 e. The number of hydrogen-bond donors (Lipinski definition) is 4. The van der Waals surface area contributed by atoms with Gasteiger partial charge in [-0.05, 0) is 36.8 Å². The molecule has 0 saturated carbocycles. The Morgan fingerprint density at radius 1 is 0.920 bits per heavy atom. The number of nitrogens with one attached hydrogen (secondary N) is 4. The van der Waals surface area contributed by atoms with Gasteiger partial charge in [0.25, 0.3) is 0 Å². The Balaban J connectivity index is 0.000000443. The van der Waals surface area contributed by atoms with Crippen molar-refractivity contribution in [1.29, 1.82) is 0 Å². The monoisotopic (exact) mass is 462 g/mol. The number of aromatic nitrogens is 2. The Kier molecular flexibility index (Phi) is 14.7. The van der Waals surface area contributed by atoms with E-state index in [2.05, 4.69) is 31.0 Å². The van der Waals surface area contributed by atoms with E-state index in [1.807, 2.05) is 49.2 Å². The Hall–Kier alpha value is -0.997. The summed E-state index contributed by atoms with van der Waals surface area (Å²) in [5, 5.41) is 7.83. The molecule has 25 heavy (non-hydrogen) atoms. The second-order valence-corrected chi connectivity index (χ2v) is 6.94. The first-order valence-corrected chi connectivity index (χ1v) is 9.93. The predicted octanol–water partition coefficient (Wildman–Crippen LogP) is 3.17. The number of thiocarbonyl (C=S) groups is 2. The molecule has 0 amide bonds. The van der Waals surface area contributed by atoms with E-state index in [1.165, 1.54) is 23.5 Å². The van der Waals surface area contributed by atoms with Crippen LogP contribution in [0.2, 0.25) is 0 Å². The maximum absolute atomic E-state index is 4.88. The number of H-pyrrole nitrogens is 2. The smallest absolute Gasteiger partial charge is 0.153 e. The van der Waals surface area contributed by atoms with E-state index in [0.29, 0.717) is 8.64 Å². The largest absolute Gasteiger partial charge is 0.360 e. The second kappa shape index (κ2) is 15.3. The number of hydrazone groups is 2. The molecule has 2 rings (SSSR count). The second-order valence-electron chi connectivity index (χ2n) is 3.97. The Morgan fingerprint density at radius 3 is 1.60 bits per heavy atom. The minimum absolute atomic E-state index is 0. The summed E-state index contributed by atoms with van der Waals surface area (Å²) in [6.07, 6.45) is 10.9. The third-order valence-electron chi connectivity index (χ3n) is 2.33. The molecule has 0 radical (unpaired) electrons. The fraction of sp³-hybridized carbons (Fsp3) is 0.143. The van der Waals surface area contributed by atoms with E-state index in [9.17, 15) is 0 Å². The Morgan fingerprint density at radius 2 is 1.32 bits per heavy atom. The van der Waals surface area contributed by atoms with Crippen molar-refractivity contribution < 1.29 is 19.5 Å². The SMILES string of the molecule is CSC(=S)NN=Cc1ccc[nH]1.CSC(=S)NN=Cc1ccc[nH]1.[Zn]. The summed E-state index contributed by atoms with van der Waals surface area (Å²) in [4.78, 5) is 5.98. The summed E-state index contributed by atoms with van der Waals surface area (Å²) in [6.45, 7) is 0. The van der Waals surface area contributed by atoms with Crippen LogP contribution in [0.5, 0.6) is 0 Å². The van der Waals surface area contributed by atoms with Crippen molar-refractivity contribution >= 4 is 69.0 Å². The standard InChI is InChI=1S/2C7H9N3S2.Zn/c2*1-12-7(11)10-9-5-6-3-2-4-8-6;/h2*2-5,8H,1H3,(H,10,11);. The third-order valence-corrected chi connectivity index (χ3v) is 4.44. The van der Waals surface area contributed by atoms with Gasteiger partial charge in [-0.2, -0.15) is 10.2 Å². The zero-order chi connectivity index (χ0) is 17.6. The summed E-state index contributed by atoms with van der Waals surface area (Å²) in [6, 6.07) is 7.67. The van der Waals surface area contributed by atoms with Crippen molar-refractivity contribution in [3.63, 3.8) is 0 Å². The molecule has 0 aromatic carbocycles. The average molecular weight is 464 g/mol. The van der Waals surface area contributed by atoms with Crippen LogP contribution in [-0.2, 0) is 19.5 Å². The Labute approximate surface area is 179 Å². The number of thioether (sulfide) groups is 2. The summed E-state index contributed by atoms with van der Waals surface area (Å²) in [7, 11) is 0. The molecule has 6 nitrogen and oxygen atoms in total. The van der Waals surface area contributed by atoms with E-state index in [0.717, 1.165) is 11.4 Å². The number of rotatable bonds is 4. The third kappa shape index (κ3) is 12.1. The zero-order valence-corrected chi connectivity index (χ0v) is 20.1. The van der Waals surface area contributed by atoms with Crippen molar-refractivity contribution in [3.8, 4) is 0 Å². The number of nitrogens with zero attached hydrogens (tertiary/aromatic N) is 2. The molecule has 0 aliphatic carbocycles. The first kappa shape index (κ1) is 24.0. The fourth-order valence-electron chi connectivity index (χ4n) is 1.25. The molecule has 2 heterocycles. The maximum atomic E-state index is 4.88. The van der Waals surface area contributed by atoms with Crippen LogP contribution in [0.15, 0.2) is 46.9 Å². The molecule has 4 N–H and O–H groups in total. The number of hydrogen-bond acceptors (Lipinski definition) is 6. The predicted molar refractivity (Wildman–Crippen MR) is 115 cm³/mol. The van der Waals surface area contributed by atoms with Gasteiger partial charge < -0.3 is 9.97 Å². The van der Waals surface area contributed by atoms with Crippen molar-refractivity contribution in [3.05, 3.63) is 48.0 Å². The summed E-state index contributed by atoms with van der Waals surface area (Å²) in [5.41, 5.74) is 7.33. The van der Waals surface area contributed by atoms with Gasteiger partial charge in [-0.15, -0.1) is 0 Å². The van der Waals surface area contributed by atoms with Gasteiger partial charge in [0.1, 0.15) is 0 Å². The van der Waals surface area contributed by atoms with Gasteiger partial charge >= 0.3 is 0 Å². The average Bonchev–Trinajstić information content (AvgIpc) is 3.29. The van der Waals surface area contributed by atoms with Crippen LogP contribution in [0.3, 0.4) is 0 Å². The molecular formula is C14H18N6S4Zn. The summed E-state index contributed by atoms with van der Waals surface area (Å²) in [5.74, 6) is 0. The van der Waals surface area contributed by atoms with E-state index >= 15 is 0 Å². The van der Waals surface area contributed by atoms with Crippen molar-refractivity contribution in [2.75, 3.05) is 12.5 Å². The van der Waals surface area contributed by atoms with Crippen LogP contribution in [0.25, 0.3) is 0 Å². The van der Waals surface area contributed by atoms with Crippen LogP contribution < -0.4 is 10.9 Å². The Bertz CT molecular complexity index is 597. The first-order valence-electron chi connectivity index (χ1n) is 6.66. The van der Waals surface area contributed by atoms with Gasteiger partial charge in [0.15, 0.2) is 8.64 Å². The van der Waals surface area contributed by atoms with Gasteiger partial charge in [0.05, 0.1) is 23.8 Å². The van der Waals surface area contributed by atoms with Crippen molar-refractivity contribution in [2.24, 2.45) is 10.2 Å². The quantitative estimate of drug-likeness (QED) is 0.241. The van der Waals surface area contributed by atoms with Crippen LogP contribution in [-0.4, -0.2) is 43.5 Å². The van der Waals surface area contributed by atoms with Gasteiger partial charge in [-0.1, -0.05) is 48.0 Å². The van der Waals surface area contributed by atoms with Crippen LogP contribution in [0.1, 0.15) is 11.4 Å². The molecule has 2 aromatic rings. The molecule has 0 spiro atoms. The fourth-order valence-corrected chi connectivity index (χ4v) is 1.64. The molecule has 0 bridgehead atoms. The van der Waals surface area contributed by atoms with E-state index in [1.54, 1.807) is 12.4 Å². The van der Waals surface area contributed by atoms with Crippen LogP contribution in [0, 0.1) is 0 Å². The molecule has 0 fully saturated rings. The van der Waals surface area contributed by atoms with Crippen LogP contribution >= 0.6 is 48.0 Å². The van der Waals surface area contributed by atoms with E-state index in [4.69, 9.17) is 24.4 Å². The zero-order valence-electron chi connectivity index (χ0n) is 13.9. The van der Waals surface area contributed by atoms with Gasteiger partial charge in [0, 0.05) is 31.9 Å². The molecular weight excluding hydrogens is 446 g/mol. The van der Waals surface area contributed by atoms with Gasteiger partial charge in [0.2, 0.25) is 0 Å². The van der Waals surface area contributed by atoms with Crippen molar-refractivity contribution in [1.82, 2.24) is 20.8 Å². The van der Waals surface area contributed by atoms with Crippen LogP contribution in [0.4, 0.5) is 0 Å². The molecule has 0 aliphatic heterocycles. The molecule has 0 aliphatic rings. The topological polar surface area (TPSA) is 80.4 Å². The normalized spacial score (nSPS) is 10.0. The van der Waals surface area contributed by atoms with E-state index < -0.39 is 0 Å². The van der Waals surface area contributed by atoms with E-state index in [-0.39, 0.29) is 19.5 Å². The van der Waals surface area contributed by atoms with Crippen molar-refractivity contribution in [2.45, 2.75) is 0 Å². The summed E-state index contributed by atoms with van der Waals surface area (Å²) >= 11 is 12.7. The van der Waals surface area contributed by atoms with Gasteiger partial charge in [-0.3, -0.25) is 10.9 Å². The molecule has 0 saturated heterocycles. The molecule has 2 aromatic heterocycles. The molecule has 0 unspecified atom stereocenters. The van der Waals surface area contributed by atoms with Gasteiger partial charge in [-0.25, -0.2) is 0 Å². The summed E-state index contributed by atoms with van der Waals surface area (Å²) < 4.78 is 1.33. The molecule has 130 valence electrons. The molecule has 11 heteroatoms. The first-order chi connectivity index (χ1) is 11.7. The molecule has 0 atom stereocenters. The number of aromatic amines is 2.